The zero-order chi connectivity index (χ0) is 19.1. The summed E-state index contributed by atoms with van der Waals surface area (Å²) in [6.07, 6.45) is 3.37. The molecule has 4 nitrogen and oxygen atoms in total. The maximum absolute atomic E-state index is 11.1. The third-order valence-corrected chi connectivity index (χ3v) is 9.34. The van der Waals surface area contributed by atoms with Gasteiger partial charge in [-0.2, -0.15) is 0 Å². The Morgan fingerprint density at radius 1 is 0.889 bits per heavy atom. The van der Waals surface area contributed by atoms with Gasteiger partial charge in [0.25, 0.3) is 0 Å². The van der Waals surface area contributed by atoms with Crippen molar-refractivity contribution in [3.05, 3.63) is 72.8 Å². The second-order valence-electron chi connectivity index (χ2n) is 6.42. The predicted molar refractivity (Wildman–Crippen MR) is 113 cm³/mol. The number of thioether (sulfide) groups is 2. The minimum absolute atomic E-state index is 0.0499. The SMILES string of the molecule is O=C(O)C12C=CC3SC3C1(C(=O)O)S2.c1ccc(Pc2ccccc2)cc1. The molecule has 4 unspecified atom stereocenters. The van der Waals surface area contributed by atoms with Crippen molar-refractivity contribution in [2.75, 3.05) is 0 Å². The molecule has 3 aliphatic rings. The van der Waals surface area contributed by atoms with E-state index in [9.17, 15) is 9.59 Å². The number of aliphatic carboxylic acids is 2. The standard InChI is InChI=1S/C12H11P.C8H6O4S2/c1-3-7-11(8-4-1)13-12-9-5-2-6-10-12;9-5(10)7-2-1-3-4(13-3)8(7,14-7)6(11)12/h1-10,13H;1-4H,(H,9,10)(H,11,12). The normalized spacial score (nSPS) is 31.6. The molecule has 0 radical (unpaired) electrons. The fraction of sp³-hybridized carbons (Fsp3) is 0.200. The fourth-order valence-corrected chi connectivity index (χ4v) is 7.42. The maximum Gasteiger partial charge on any atom is 0.325 e. The number of hydrogen-bond donors (Lipinski definition) is 2. The smallest absolute Gasteiger partial charge is 0.325 e. The zero-order valence-corrected chi connectivity index (χ0v) is 16.7. The van der Waals surface area contributed by atoms with E-state index >= 15 is 0 Å². The minimum atomic E-state index is -1.19. The van der Waals surface area contributed by atoms with Gasteiger partial charge in [-0.15, -0.1) is 23.5 Å². The molecule has 5 rings (SSSR count). The van der Waals surface area contributed by atoms with Gasteiger partial charge in [0, 0.05) is 10.5 Å². The third kappa shape index (κ3) is 3.20. The molecule has 2 N–H and O–H groups in total. The van der Waals surface area contributed by atoms with Crippen LogP contribution in [0.3, 0.4) is 0 Å². The lowest BCUT2D eigenvalue weighted by molar-refractivity contribution is -0.145. The highest BCUT2D eigenvalue weighted by atomic mass is 32.2. The summed E-state index contributed by atoms with van der Waals surface area (Å²) < 4.78 is -2.29. The molecular formula is C20H17O4PS2. The molecule has 138 valence electrons. The predicted octanol–water partition coefficient (Wildman–Crippen LogP) is 2.75. The van der Waals surface area contributed by atoms with E-state index in [2.05, 4.69) is 60.7 Å². The molecule has 7 heteroatoms. The van der Waals surface area contributed by atoms with E-state index in [4.69, 9.17) is 10.2 Å². The number of carboxylic acids is 2. The van der Waals surface area contributed by atoms with Crippen LogP contribution in [0.5, 0.6) is 0 Å². The van der Waals surface area contributed by atoms with Gasteiger partial charge in [0.1, 0.15) is 0 Å². The molecule has 0 bridgehead atoms. The van der Waals surface area contributed by atoms with Gasteiger partial charge < -0.3 is 10.2 Å². The van der Waals surface area contributed by atoms with Crippen molar-refractivity contribution < 1.29 is 19.8 Å². The second kappa shape index (κ2) is 7.01. The van der Waals surface area contributed by atoms with Crippen LogP contribution in [0.4, 0.5) is 0 Å². The zero-order valence-electron chi connectivity index (χ0n) is 14.1. The van der Waals surface area contributed by atoms with Gasteiger partial charge in [-0.05, 0) is 10.6 Å². The molecule has 2 saturated heterocycles. The van der Waals surface area contributed by atoms with Crippen LogP contribution in [-0.4, -0.2) is 42.1 Å². The van der Waals surface area contributed by atoms with Gasteiger partial charge in [0.15, 0.2) is 9.49 Å². The summed E-state index contributed by atoms with van der Waals surface area (Å²) in [5.74, 6) is -2.03. The molecular weight excluding hydrogens is 399 g/mol. The lowest BCUT2D eigenvalue weighted by atomic mass is 9.84. The second-order valence-corrected chi connectivity index (χ2v) is 10.6. The molecule has 2 aromatic rings. The Morgan fingerprint density at radius 3 is 1.93 bits per heavy atom. The molecule has 4 atom stereocenters. The van der Waals surface area contributed by atoms with Gasteiger partial charge in [-0.1, -0.05) is 81.4 Å². The molecule has 0 spiro atoms. The van der Waals surface area contributed by atoms with Gasteiger partial charge in [0.05, 0.1) is 0 Å². The Bertz CT molecular complexity index is 867. The first kappa shape index (κ1) is 18.6. The first-order chi connectivity index (χ1) is 13.0. The van der Waals surface area contributed by atoms with Crippen LogP contribution < -0.4 is 10.6 Å². The molecule has 0 amide bonds. The third-order valence-electron chi connectivity index (χ3n) is 4.75. The highest BCUT2D eigenvalue weighted by molar-refractivity contribution is 8.15. The monoisotopic (exact) mass is 416 g/mol. The molecule has 2 fully saturated rings. The highest BCUT2D eigenvalue weighted by Crippen LogP contribution is 2.76. The average Bonchev–Trinajstić information content (AvgIpc) is 3.55. The summed E-state index contributed by atoms with van der Waals surface area (Å²) in [6, 6.07) is 21.2. The first-order valence-electron chi connectivity index (χ1n) is 8.38. The summed E-state index contributed by atoms with van der Waals surface area (Å²) in [4.78, 5) is 22.2. The molecule has 2 aliphatic heterocycles. The van der Waals surface area contributed by atoms with E-state index < -0.39 is 21.4 Å². The van der Waals surface area contributed by atoms with Crippen LogP contribution in [0.2, 0.25) is 0 Å². The Kier molecular flexibility index (Phi) is 4.83. The largest absolute Gasteiger partial charge is 0.480 e. The minimum Gasteiger partial charge on any atom is -0.480 e. The van der Waals surface area contributed by atoms with E-state index in [0.717, 1.165) is 20.3 Å². The van der Waals surface area contributed by atoms with E-state index in [1.165, 1.54) is 10.6 Å². The van der Waals surface area contributed by atoms with Gasteiger partial charge in [-0.25, -0.2) is 0 Å². The molecule has 2 aromatic carbocycles. The van der Waals surface area contributed by atoms with Crippen molar-refractivity contribution in [2.24, 2.45) is 0 Å². The Balaban J connectivity index is 0.000000134. The number of fused-ring (bicyclic) bond motifs is 3. The highest BCUT2D eigenvalue weighted by Gasteiger charge is 2.86. The summed E-state index contributed by atoms with van der Waals surface area (Å²) >= 11 is 2.59. The van der Waals surface area contributed by atoms with E-state index in [1.807, 2.05) is 6.08 Å². The lowest BCUT2D eigenvalue weighted by Crippen LogP contribution is -2.44. The molecule has 2 heterocycles. The van der Waals surface area contributed by atoms with Crippen LogP contribution in [0, 0.1) is 0 Å². The lowest BCUT2D eigenvalue weighted by Gasteiger charge is -2.15. The van der Waals surface area contributed by atoms with E-state index in [-0.39, 0.29) is 10.5 Å². The van der Waals surface area contributed by atoms with Crippen LogP contribution in [0.15, 0.2) is 72.8 Å². The van der Waals surface area contributed by atoms with Crippen molar-refractivity contribution >= 4 is 54.7 Å². The Hall–Kier alpha value is -1.75. The topological polar surface area (TPSA) is 74.6 Å². The van der Waals surface area contributed by atoms with Crippen molar-refractivity contribution in [3.8, 4) is 0 Å². The fourth-order valence-electron chi connectivity index (χ4n) is 3.29. The van der Waals surface area contributed by atoms with E-state index in [0.29, 0.717) is 0 Å². The number of benzene rings is 2. The van der Waals surface area contributed by atoms with Crippen molar-refractivity contribution in [3.63, 3.8) is 0 Å². The van der Waals surface area contributed by atoms with Crippen LogP contribution in [0.1, 0.15) is 0 Å². The van der Waals surface area contributed by atoms with Gasteiger partial charge in [0.2, 0.25) is 0 Å². The quantitative estimate of drug-likeness (QED) is 0.454. The van der Waals surface area contributed by atoms with Gasteiger partial charge >= 0.3 is 11.9 Å². The molecule has 0 saturated carbocycles. The van der Waals surface area contributed by atoms with Crippen molar-refractivity contribution in [1.29, 1.82) is 0 Å². The van der Waals surface area contributed by atoms with Gasteiger partial charge in [-0.3, -0.25) is 9.59 Å². The Labute approximate surface area is 167 Å². The molecule has 0 aromatic heterocycles. The summed E-state index contributed by atoms with van der Waals surface area (Å²) in [5, 5.41) is 21.1. The van der Waals surface area contributed by atoms with Crippen molar-refractivity contribution in [1.82, 2.24) is 0 Å². The van der Waals surface area contributed by atoms with Crippen molar-refractivity contribution in [2.45, 2.75) is 20.0 Å². The summed E-state index contributed by atoms with van der Waals surface area (Å²) in [6.45, 7) is 0. The maximum atomic E-state index is 11.1. The van der Waals surface area contributed by atoms with Crippen LogP contribution >= 0.6 is 32.1 Å². The number of hydrogen-bond acceptors (Lipinski definition) is 4. The molecule has 1 aliphatic carbocycles. The summed E-state index contributed by atoms with van der Waals surface area (Å²) in [7, 11) is 0.777. The van der Waals surface area contributed by atoms with Crippen LogP contribution in [-0.2, 0) is 9.59 Å². The number of carboxylic acid groups (broad SMARTS) is 2. The van der Waals surface area contributed by atoms with Crippen LogP contribution in [0.25, 0.3) is 0 Å². The average molecular weight is 416 g/mol. The summed E-state index contributed by atoms with van der Waals surface area (Å²) in [5.41, 5.74) is 0. The first-order valence-corrected chi connectivity index (χ1v) is 11.1. The number of rotatable bonds is 4. The molecule has 27 heavy (non-hydrogen) atoms. The number of carbonyl (C=O) groups is 2. The van der Waals surface area contributed by atoms with E-state index in [1.54, 1.807) is 17.8 Å². The Morgan fingerprint density at radius 2 is 1.44 bits per heavy atom.